The monoisotopic (exact) mass is 340 g/mol. The van der Waals surface area contributed by atoms with Crippen molar-refractivity contribution >= 4 is 17.4 Å². The number of hydrogen-bond donors (Lipinski definition) is 1. The van der Waals surface area contributed by atoms with Gasteiger partial charge in [0.25, 0.3) is 0 Å². The summed E-state index contributed by atoms with van der Waals surface area (Å²) in [6, 6.07) is 14.4. The standard InChI is InChI=1S/C20H24N2O3/c1-14(22(3)13-17-8-5-6-11-19(17)25-4)20(24)21-18-10-7-9-16(12-18)15(2)23/h5-12,14H,13H2,1-4H3,(H,21,24)/t14-/m0/s1. The Hall–Kier alpha value is -2.66. The highest BCUT2D eigenvalue weighted by Gasteiger charge is 2.19. The summed E-state index contributed by atoms with van der Waals surface area (Å²) in [7, 11) is 3.53. The highest BCUT2D eigenvalue weighted by Crippen LogP contribution is 2.20. The van der Waals surface area contributed by atoms with E-state index in [0.717, 1.165) is 11.3 Å². The van der Waals surface area contributed by atoms with E-state index in [1.54, 1.807) is 31.4 Å². The lowest BCUT2D eigenvalue weighted by molar-refractivity contribution is -0.120. The van der Waals surface area contributed by atoms with Gasteiger partial charge in [0.05, 0.1) is 13.2 Å². The van der Waals surface area contributed by atoms with Gasteiger partial charge in [-0.25, -0.2) is 0 Å². The first-order chi connectivity index (χ1) is 11.9. The molecular formula is C20H24N2O3. The van der Waals surface area contributed by atoms with Crippen molar-refractivity contribution in [3.05, 3.63) is 59.7 Å². The van der Waals surface area contributed by atoms with Crippen LogP contribution in [-0.4, -0.2) is 36.8 Å². The SMILES string of the molecule is COc1ccccc1CN(C)[C@@H](C)C(=O)Nc1cccc(C(C)=O)c1. The molecular weight excluding hydrogens is 316 g/mol. The van der Waals surface area contributed by atoms with Crippen LogP contribution in [-0.2, 0) is 11.3 Å². The molecule has 1 amide bonds. The highest BCUT2D eigenvalue weighted by molar-refractivity contribution is 5.98. The molecule has 0 radical (unpaired) electrons. The number of rotatable bonds is 7. The van der Waals surface area contributed by atoms with Crippen molar-refractivity contribution < 1.29 is 14.3 Å². The van der Waals surface area contributed by atoms with E-state index in [0.29, 0.717) is 17.8 Å². The number of Topliss-reactive ketones (excluding diaryl/α,β-unsaturated/α-hetero) is 1. The van der Waals surface area contributed by atoms with Crippen LogP contribution in [0, 0.1) is 0 Å². The molecule has 2 aromatic carbocycles. The summed E-state index contributed by atoms with van der Waals surface area (Å²) in [4.78, 5) is 25.9. The van der Waals surface area contributed by atoms with Crippen LogP contribution >= 0.6 is 0 Å². The van der Waals surface area contributed by atoms with Crippen LogP contribution in [0.15, 0.2) is 48.5 Å². The van der Waals surface area contributed by atoms with Gasteiger partial charge in [-0.1, -0.05) is 30.3 Å². The van der Waals surface area contributed by atoms with E-state index in [4.69, 9.17) is 4.74 Å². The third-order valence-electron chi connectivity index (χ3n) is 4.19. The van der Waals surface area contributed by atoms with Crippen molar-refractivity contribution in [1.29, 1.82) is 0 Å². The van der Waals surface area contributed by atoms with E-state index in [1.165, 1.54) is 6.92 Å². The Labute approximate surface area is 148 Å². The largest absolute Gasteiger partial charge is 0.496 e. The van der Waals surface area contributed by atoms with Gasteiger partial charge in [0, 0.05) is 23.4 Å². The molecule has 5 nitrogen and oxygen atoms in total. The van der Waals surface area contributed by atoms with E-state index < -0.39 is 0 Å². The molecule has 0 aromatic heterocycles. The maximum Gasteiger partial charge on any atom is 0.241 e. The first-order valence-electron chi connectivity index (χ1n) is 8.16. The summed E-state index contributed by atoms with van der Waals surface area (Å²) in [6.45, 7) is 3.94. The molecule has 0 saturated heterocycles. The van der Waals surface area contributed by atoms with Gasteiger partial charge in [-0.2, -0.15) is 0 Å². The number of ether oxygens (including phenoxy) is 1. The number of carbonyl (C=O) groups is 2. The molecule has 25 heavy (non-hydrogen) atoms. The number of nitrogens with zero attached hydrogens (tertiary/aromatic N) is 1. The number of ketones is 1. The summed E-state index contributed by atoms with van der Waals surface area (Å²) in [5.74, 6) is 0.645. The summed E-state index contributed by atoms with van der Waals surface area (Å²) in [5.41, 5.74) is 2.22. The average molecular weight is 340 g/mol. The second kappa shape index (κ2) is 8.44. The van der Waals surface area contributed by atoms with Crippen LogP contribution in [0.25, 0.3) is 0 Å². The van der Waals surface area contributed by atoms with Gasteiger partial charge in [0.2, 0.25) is 5.91 Å². The van der Waals surface area contributed by atoms with Gasteiger partial charge in [-0.15, -0.1) is 0 Å². The molecule has 0 aliphatic heterocycles. The second-order valence-corrected chi connectivity index (χ2v) is 6.03. The highest BCUT2D eigenvalue weighted by atomic mass is 16.5. The Morgan fingerprint density at radius 3 is 2.56 bits per heavy atom. The maximum atomic E-state index is 12.5. The van der Waals surface area contributed by atoms with Crippen molar-refractivity contribution in [3.63, 3.8) is 0 Å². The third kappa shape index (κ3) is 4.90. The quantitative estimate of drug-likeness (QED) is 0.785. The lowest BCUT2D eigenvalue weighted by atomic mass is 10.1. The molecule has 1 N–H and O–H groups in total. The smallest absolute Gasteiger partial charge is 0.241 e. The number of para-hydroxylation sites is 1. The number of methoxy groups -OCH3 is 1. The fourth-order valence-corrected chi connectivity index (χ4v) is 2.50. The Balaban J connectivity index is 2.03. The molecule has 0 fully saturated rings. The number of amides is 1. The summed E-state index contributed by atoms with van der Waals surface area (Å²) in [6.07, 6.45) is 0. The zero-order chi connectivity index (χ0) is 18.4. The Kier molecular flexibility index (Phi) is 6.31. The predicted molar refractivity (Wildman–Crippen MR) is 99.0 cm³/mol. The van der Waals surface area contributed by atoms with Crippen molar-refractivity contribution in [2.75, 3.05) is 19.5 Å². The number of anilines is 1. The first-order valence-corrected chi connectivity index (χ1v) is 8.16. The maximum absolute atomic E-state index is 12.5. The number of benzene rings is 2. The van der Waals surface area contributed by atoms with Crippen molar-refractivity contribution in [1.82, 2.24) is 4.90 Å². The fourth-order valence-electron chi connectivity index (χ4n) is 2.50. The van der Waals surface area contributed by atoms with E-state index in [9.17, 15) is 9.59 Å². The Morgan fingerprint density at radius 1 is 1.16 bits per heavy atom. The first kappa shape index (κ1) is 18.7. The minimum atomic E-state index is -0.342. The molecule has 132 valence electrons. The lowest BCUT2D eigenvalue weighted by Crippen LogP contribution is -2.39. The van der Waals surface area contributed by atoms with Gasteiger partial charge >= 0.3 is 0 Å². The second-order valence-electron chi connectivity index (χ2n) is 6.03. The molecule has 0 saturated carbocycles. The van der Waals surface area contributed by atoms with Gasteiger partial charge in [0.1, 0.15) is 5.75 Å². The number of carbonyl (C=O) groups excluding carboxylic acids is 2. The molecule has 5 heteroatoms. The number of likely N-dealkylation sites (N-methyl/N-ethyl adjacent to an activating group) is 1. The zero-order valence-electron chi connectivity index (χ0n) is 15.1. The lowest BCUT2D eigenvalue weighted by Gasteiger charge is -2.24. The Morgan fingerprint density at radius 2 is 1.88 bits per heavy atom. The van der Waals surface area contributed by atoms with Crippen molar-refractivity contribution in [2.45, 2.75) is 26.4 Å². The number of nitrogens with one attached hydrogen (secondary N) is 1. The topological polar surface area (TPSA) is 58.6 Å². The van der Waals surface area contributed by atoms with Crippen LogP contribution in [0.3, 0.4) is 0 Å². The summed E-state index contributed by atoms with van der Waals surface area (Å²) >= 11 is 0. The summed E-state index contributed by atoms with van der Waals surface area (Å²) in [5, 5.41) is 2.87. The van der Waals surface area contributed by atoms with E-state index >= 15 is 0 Å². The van der Waals surface area contributed by atoms with Crippen molar-refractivity contribution in [3.8, 4) is 5.75 Å². The zero-order valence-corrected chi connectivity index (χ0v) is 15.1. The average Bonchev–Trinajstić information content (AvgIpc) is 2.61. The van der Waals surface area contributed by atoms with E-state index in [-0.39, 0.29) is 17.7 Å². The normalized spacial score (nSPS) is 11.9. The molecule has 2 aromatic rings. The molecule has 0 bridgehead atoms. The summed E-state index contributed by atoms with van der Waals surface area (Å²) < 4.78 is 5.36. The van der Waals surface area contributed by atoms with Crippen LogP contribution in [0.4, 0.5) is 5.69 Å². The molecule has 2 rings (SSSR count). The fraction of sp³-hybridized carbons (Fsp3) is 0.300. The van der Waals surface area contributed by atoms with E-state index in [2.05, 4.69) is 5.32 Å². The molecule has 0 unspecified atom stereocenters. The van der Waals surface area contributed by atoms with Gasteiger partial charge in [-0.3, -0.25) is 14.5 Å². The third-order valence-corrected chi connectivity index (χ3v) is 4.19. The predicted octanol–water partition coefficient (Wildman–Crippen LogP) is 3.36. The van der Waals surface area contributed by atoms with Crippen LogP contribution in [0.1, 0.15) is 29.8 Å². The van der Waals surface area contributed by atoms with Crippen LogP contribution in [0.5, 0.6) is 5.75 Å². The molecule has 1 atom stereocenters. The van der Waals surface area contributed by atoms with Gasteiger partial charge < -0.3 is 10.1 Å². The van der Waals surface area contributed by atoms with Crippen LogP contribution in [0.2, 0.25) is 0 Å². The number of hydrogen-bond acceptors (Lipinski definition) is 4. The molecule has 0 aliphatic carbocycles. The van der Waals surface area contributed by atoms with Gasteiger partial charge in [-0.05, 0) is 39.1 Å². The molecule has 0 spiro atoms. The molecule has 0 heterocycles. The Bertz CT molecular complexity index is 758. The molecule has 0 aliphatic rings. The van der Waals surface area contributed by atoms with Crippen LogP contribution < -0.4 is 10.1 Å². The van der Waals surface area contributed by atoms with Crippen molar-refractivity contribution in [2.24, 2.45) is 0 Å². The van der Waals surface area contributed by atoms with Gasteiger partial charge in [0.15, 0.2) is 5.78 Å². The minimum absolute atomic E-state index is 0.0301. The van der Waals surface area contributed by atoms with E-state index in [1.807, 2.05) is 43.1 Å². The minimum Gasteiger partial charge on any atom is -0.496 e.